The predicted molar refractivity (Wildman–Crippen MR) is 57.9 cm³/mol. The molecule has 4 nitrogen and oxygen atoms in total. The number of para-hydroxylation sites is 1. The molecule has 4 N–H and O–H groups in total. The Morgan fingerprint density at radius 2 is 1.81 bits per heavy atom. The van der Waals surface area contributed by atoms with Crippen LogP contribution in [0.15, 0.2) is 48.3 Å². The summed E-state index contributed by atoms with van der Waals surface area (Å²) in [6.07, 6.45) is 2.35. The molecule has 0 saturated heterocycles. The monoisotopic (exact) mass is 220 g/mol. The number of phenolic OH excluding ortho intramolecular Hbond substituents is 1. The molecule has 0 aromatic heterocycles. The molecule has 0 heterocycles. The van der Waals surface area contributed by atoms with Gasteiger partial charge in [0.2, 0.25) is 0 Å². The standard InChI is InChI=1S/C12H12O4/c13-8-5-6-12(16,11(15)7-8)9-3-1-2-4-10(9)14/h1-7,11,13-16H. The highest BCUT2D eigenvalue weighted by molar-refractivity contribution is 5.44. The van der Waals surface area contributed by atoms with Crippen LogP contribution in [0.4, 0.5) is 0 Å². The van der Waals surface area contributed by atoms with E-state index < -0.39 is 11.7 Å². The molecule has 0 spiro atoms. The minimum Gasteiger partial charge on any atom is -0.508 e. The van der Waals surface area contributed by atoms with Gasteiger partial charge in [0.05, 0.1) is 0 Å². The fourth-order valence-electron chi connectivity index (χ4n) is 1.72. The van der Waals surface area contributed by atoms with Gasteiger partial charge in [-0.05, 0) is 24.3 Å². The molecule has 0 aliphatic heterocycles. The normalized spacial score (nSPS) is 28.9. The molecule has 1 aliphatic rings. The number of allylic oxidation sites excluding steroid dienone is 1. The summed E-state index contributed by atoms with van der Waals surface area (Å²) in [5.74, 6) is -0.226. The summed E-state index contributed by atoms with van der Waals surface area (Å²) in [6.45, 7) is 0. The molecule has 0 saturated carbocycles. The maximum atomic E-state index is 10.3. The van der Waals surface area contributed by atoms with Crippen LogP contribution in [0.3, 0.4) is 0 Å². The smallest absolute Gasteiger partial charge is 0.141 e. The lowest BCUT2D eigenvalue weighted by molar-refractivity contribution is -0.0231. The predicted octanol–water partition coefficient (Wildman–Crippen LogP) is 0.952. The van der Waals surface area contributed by atoms with Gasteiger partial charge in [0.25, 0.3) is 0 Å². The molecule has 0 radical (unpaired) electrons. The zero-order chi connectivity index (χ0) is 11.8. The summed E-state index contributed by atoms with van der Waals surface area (Å²) in [5, 5.41) is 38.8. The summed E-state index contributed by atoms with van der Waals surface area (Å²) >= 11 is 0. The Kier molecular flexibility index (Phi) is 2.46. The second-order valence-electron chi connectivity index (χ2n) is 3.71. The lowest BCUT2D eigenvalue weighted by Gasteiger charge is -2.31. The lowest BCUT2D eigenvalue weighted by Crippen LogP contribution is -2.38. The van der Waals surface area contributed by atoms with Crippen LogP contribution in [-0.2, 0) is 5.60 Å². The van der Waals surface area contributed by atoms with Gasteiger partial charge in [-0.3, -0.25) is 0 Å². The van der Waals surface area contributed by atoms with Crippen LogP contribution in [-0.4, -0.2) is 26.5 Å². The highest BCUT2D eigenvalue weighted by Crippen LogP contribution is 2.36. The average molecular weight is 220 g/mol. The van der Waals surface area contributed by atoms with Crippen molar-refractivity contribution in [2.45, 2.75) is 11.7 Å². The average Bonchev–Trinajstić information content (AvgIpc) is 2.25. The molecule has 2 unspecified atom stereocenters. The van der Waals surface area contributed by atoms with Gasteiger partial charge in [-0.2, -0.15) is 0 Å². The topological polar surface area (TPSA) is 80.9 Å². The number of aliphatic hydroxyl groups excluding tert-OH is 2. The van der Waals surface area contributed by atoms with E-state index in [1.54, 1.807) is 12.1 Å². The summed E-state index contributed by atoms with van der Waals surface area (Å²) in [5.41, 5.74) is -1.51. The number of hydrogen-bond donors (Lipinski definition) is 4. The minimum absolute atomic E-state index is 0.108. The largest absolute Gasteiger partial charge is 0.508 e. The van der Waals surface area contributed by atoms with Crippen LogP contribution in [0.25, 0.3) is 0 Å². The van der Waals surface area contributed by atoms with Crippen LogP contribution >= 0.6 is 0 Å². The number of hydrogen-bond acceptors (Lipinski definition) is 4. The van der Waals surface area contributed by atoms with Crippen LogP contribution in [0.5, 0.6) is 5.75 Å². The summed E-state index contributed by atoms with van der Waals surface area (Å²) in [4.78, 5) is 0. The summed E-state index contributed by atoms with van der Waals surface area (Å²) < 4.78 is 0. The summed E-state index contributed by atoms with van der Waals surface area (Å²) in [6, 6.07) is 6.20. The molecular formula is C12H12O4. The van der Waals surface area contributed by atoms with E-state index in [4.69, 9.17) is 5.11 Å². The van der Waals surface area contributed by atoms with Gasteiger partial charge < -0.3 is 20.4 Å². The van der Waals surface area contributed by atoms with E-state index in [0.717, 1.165) is 6.08 Å². The molecule has 0 fully saturated rings. The first-order chi connectivity index (χ1) is 7.54. The Hall–Kier alpha value is -1.78. The lowest BCUT2D eigenvalue weighted by atomic mass is 9.84. The Balaban J connectivity index is 2.49. The quantitative estimate of drug-likeness (QED) is 0.568. The van der Waals surface area contributed by atoms with Crippen LogP contribution in [0.1, 0.15) is 5.56 Å². The zero-order valence-electron chi connectivity index (χ0n) is 8.41. The highest BCUT2D eigenvalue weighted by Gasteiger charge is 2.38. The third kappa shape index (κ3) is 1.58. The van der Waals surface area contributed by atoms with E-state index in [0.29, 0.717) is 0 Å². The highest BCUT2D eigenvalue weighted by atomic mass is 16.3. The van der Waals surface area contributed by atoms with Gasteiger partial charge in [0.15, 0.2) is 0 Å². The molecule has 1 aromatic rings. The number of phenols is 1. The van der Waals surface area contributed by atoms with Crippen molar-refractivity contribution in [2.75, 3.05) is 0 Å². The number of aromatic hydroxyl groups is 1. The third-order valence-electron chi connectivity index (χ3n) is 2.62. The molecule has 2 atom stereocenters. The van der Waals surface area contributed by atoms with E-state index in [-0.39, 0.29) is 17.1 Å². The Morgan fingerprint density at radius 1 is 1.12 bits per heavy atom. The van der Waals surface area contributed by atoms with Crippen molar-refractivity contribution < 1.29 is 20.4 Å². The number of rotatable bonds is 1. The molecule has 4 heteroatoms. The molecule has 0 bridgehead atoms. The first-order valence-corrected chi connectivity index (χ1v) is 4.83. The van der Waals surface area contributed by atoms with E-state index in [9.17, 15) is 15.3 Å². The van der Waals surface area contributed by atoms with Gasteiger partial charge in [-0.15, -0.1) is 0 Å². The fourth-order valence-corrected chi connectivity index (χ4v) is 1.72. The molecule has 2 rings (SSSR count). The molecule has 84 valence electrons. The van der Waals surface area contributed by atoms with E-state index in [1.807, 2.05) is 0 Å². The number of benzene rings is 1. The van der Waals surface area contributed by atoms with Gasteiger partial charge in [0, 0.05) is 5.56 Å². The van der Waals surface area contributed by atoms with Crippen molar-refractivity contribution >= 4 is 0 Å². The maximum absolute atomic E-state index is 10.3. The SMILES string of the molecule is OC1=CC(O)C(O)(c2ccccc2O)C=C1. The Labute approximate surface area is 92.4 Å². The second-order valence-corrected chi connectivity index (χ2v) is 3.71. The maximum Gasteiger partial charge on any atom is 0.141 e. The van der Waals surface area contributed by atoms with Crippen molar-refractivity contribution in [1.29, 1.82) is 0 Å². The second kappa shape index (κ2) is 3.66. The fraction of sp³-hybridized carbons (Fsp3) is 0.167. The van der Waals surface area contributed by atoms with Gasteiger partial charge in [0.1, 0.15) is 23.2 Å². The van der Waals surface area contributed by atoms with E-state index in [2.05, 4.69) is 0 Å². The van der Waals surface area contributed by atoms with E-state index in [1.165, 1.54) is 24.3 Å². The summed E-state index contributed by atoms with van der Waals surface area (Å²) in [7, 11) is 0. The molecule has 16 heavy (non-hydrogen) atoms. The molecule has 1 aliphatic carbocycles. The van der Waals surface area contributed by atoms with E-state index >= 15 is 0 Å². The van der Waals surface area contributed by atoms with Crippen molar-refractivity contribution in [2.24, 2.45) is 0 Å². The van der Waals surface area contributed by atoms with Crippen molar-refractivity contribution in [3.05, 3.63) is 53.8 Å². The first kappa shape index (κ1) is 10.7. The van der Waals surface area contributed by atoms with Crippen LogP contribution in [0.2, 0.25) is 0 Å². The zero-order valence-corrected chi connectivity index (χ0v) is 8.41. The van der Waals surface area contributed by atoms with Crippen molar-refractivity contribution in [3.8, 4) is 5.75 Å². The third-order valence-corrected chi connectivity index (χ3v) is 2.62. The van der Waals surface area contributed by atoms with Gasteiger partial charge in [-0.1, -0.05) is 18.2 Å². The van der Waals surface area contributed by atoms with Crippen molar-refractivity contribution in [3.63, 3.8) is 0 Å². The van der Waals surface area contributed by atoms with Gasteiger partial charge in [-0.25, -0.2) is 0 Å². The molecule has 1 aromatic carbocycles. The molecule has 0 amide bonds. The van der Waals surface area contributed by atoms with Gasteiger partial charge >= 0.3 is 0 Å². The Morgan fingerprint density at radius 3 is 2.44 bits per heavy atom. The number of aliphatic hydroxyl groups is 3. The Bertz CT molecular complexity index is 464. The van der Waals surface area contributed by atoms with Crippen molar-refractivity contribution in [1.82, 2.24) is 0 Å². The molecular weight excluding hydrogens is 208 g/mol. The first-order valence-electron chi connectivity index (χ1n) is 4.83. The minimum atomic E-state index is -1.71. The van der Waals surface area contributed by atoms with Crippen LogP contribution < -0.4 is 0 Å². The van der Waals surface area contributed by atoms with Crippen LogP contribution in [0, 0.1) is 0 Å².